The van der Waals surface area contributed by atoms with Crippen LogP contribution in [0.4, 0.5) is 4.39 Å². The van der Waals surface area contributed by atoms with E-state index >= 15 is 0 Å². The third-order valence-electron chi connectivity index (χ3n) is 6.30. The SMILES string of the molecule is OC1(c2ccccn2)CCC2CN(Cc3ccc(-c4ccc(F)cc4)o3)CC21. The quantitative estimate of drug-likeness (QED) is 0.739. The molecule has 5 rings (SSSR count). The molecular weight excluding hydrogens is 355 g/mol. The molecule has 3 aromatic rings. The Balaban J connectivity index is 1.29. The van der Waals surface area contributed by atoms with Gasteiger partial charge in [-0.15, -0.1) is 0 Å². The number of nitrogens with zero attached hydrogens (tertiary/aromatic N) is 2. The molecule has 1 aromatic carbocycles. The van der Waals surface area contributed by atoms with Crippen molar-refractivity contribution in [2.75, 3.05) is 13.1 Å². The number of hydrogen-bond acceptors (Lipinski definition) is 4. The van der Waals surface area contributed by atoms with E-state index in [1.54, 1.807) is 18.3 Å². The molecule has 2 fully saturated rings. The third-order valence-corrected chi connectivity index (χ3v) is 6.30. The maximum atomic E-state index is 13.1. The van der Waals surface area contributed by atoms with Crippen LogP contribution in [0.3, 0.4) is 0 Å². The van der Waals surface area contributed by atoms with Crippen molar-refractivity contribution < 1.29 is 13.9 Å². The summed E-state index contributed by atoms with van der Waals surface area (Å²) in [5, 5.41) is 11.3. The fourth-order valence-corrected chi connectivity index (χ4v) is 4.90. The molecule has 0 radical (unpaired) electrons. The van der Waals surface area contributed by atoms with Gasteiger partial charge < -0.3 is 9.52 Å². The molecule has 0 amide bonds. The van der Waals surface area contributed by atoms with Crippen LogP contribution in [0.1, 0.15) is 24.3 Å². The van der Waals surface area contributed by atoms with Crippen LogP contribution in [0.25, 0.3) is 11.3 Å². The summed E-state index contributed by atoms with van der Waals surface area (Å²) in [6.45, 7) is 2.52. The van der Waals surface area contributed by atoms with E-state index in [4.69, 9.17) is 4.42 Å². The first-order chi connectivity index (χ1) is 13.6. The largest absolute Gasteiger partial charge is 0.460 e. The first-order valence-corrected chi connectivity index (χ1v) is 9.83. The summed E-state index contributed by atoms with van der Waals surface area (Å²) < 4.78 is 19.1. The van der Waals surface area contributed by atoms with Crippen LogP contribution >= 0.6 is 0 Å². The molecule has 28 heavy (non-hydrogen) atoms. The van der Waals surface area contributed by atoms with Gasteiger partial charge in [0.25, 0.3) is 0 Å². The standard InChI is InChI=1S/C23H23FN2O2/c24-18-6-4-16(5-7-18)21-9-8-19(28-21)14-26-13-17-10-11-23(27,20(17)15-26)22-3-1-2-12-25-22/h1-9,12,17,20,27H,10-11,13-15H2. The number of furan rings is 1. The van der Waals surface area contributed by atoms with E-state index in [1.165, 1.54) is 12.1 Å². The van der Waals surface area contributed by atoms with Gasteiger partial charge in [-0.1, -0.05) is 6.07 Å². The first kappa shape index (κ1) is 17.6. The van der Waals surface area contributed by atoms with Crippen LogP contribution in [0.2, 0.25) is 0 Å². The smallest absolute Gasteiger partial charge is 0.134 e. The van der Waals surface area contributed by atoms with E-state index < -0.39 is 5.60 Å². The Morgan fingerprint density at radius 3 is 2.75 bits per heavy atom. The molecule has 2 aromatic heterocycles. The Kier molecular flexibility index (Phi) is 4.29. The summed E-state index contributed by atoms with van der Waals surface area (Å²) in [5.41, 5.74) is 0.833. The maximum Gasteiger partial charge on any atom is 0.134 e. The van der Waals surface area contributed by atoms with Crippen molar-refractivity contribution in [1.29, 1.82) is 0 Å². The van der Waals surface area contributed by atoms with Gasteiger partial charge >= 0.3 is 0 Å². The molecular formula is C23H23FN2O2. The molecule has 3 atom stereocenters. The maximum absolute atomic E-state index is 13.1. The number of pyridine rings is 1. The minimum atomic E-state index is -0.830. The van der Waals surface area contributed by atoms with Crippen molar-refractivity contribution in [3.05, 3.63) is 78.1 Å². The average molecular weight is 378 g/mol. The van der Waals surface area contributed by atoms with Crippen LogP contribution in [0, 0.1) is 17.7 Å². The molecule has 0 bridgehead atoms. The molecule has 1 saturated carbocycles. The predicted molar refractivity (Wildman–Crippen MR) is 104 cm³/mol. The minimum Gasteiger partial charge on any atom is -0.460 e. The van der Waals surface area contributed by atoms with Crippen LogP contribution < -0.4 is 0 Å². The van der Waals surface area contributed by atoms with Crippen molar-refractivity contribution in [2.45, 2.75) is 25.0 Å². The van der Waals surface area contributed by atoms with Gasteiger partial charge in [-0.3, -0.25) is 9.88 Å². The van der Waals surface area contributed by atoms with E-state index in [2.05, 4.69) is 9.88 Å². The Hall–Kier alpha value is -2.50. The lowest BCUT2D eigenvalue weighted by Crippen LogP contribution is -2.35. The van der Waals surface area contributed by atoms with Crippen molar-refractivity contribution in [2.24, 2.45) is 11.8 Å². The highest BCUT2D eigenvalue weighted by molar-refractivity contribution is 5.57. The fourth-order valence-electron chi connectivity index (χ4n) is 4.90. The summed E-state index contributed by atoms with van der Waals surface area (Å²) >= 11 is 0. The molecule has 144 valence electrons. The van der Waals surface area contributed by atoms with Crippen molar-refractivity contribution in [3.8, 4) is 11.3 Å². The molecule has 4 nitrogen and oxygen atoms in total. The molecule has 3 unspecified atom stereocenters. The van der Waals surface area contributed by atoms with E-state index in [-0.39, 0.29) is 11.7 Å². The van der Waals surface area contributed by atoms with Crippen LogP contribution in [0.5, 0.6) is 0 Å². The lowest BCUT2D eigenvalue weighted by molar-refractivity contribution is -0.0110. The van der Waals surface area contributed by atoms with Gasteiger partial charge in [0, 0.05) is 30.8 Å². The number of hydrogen-bond donors (Lipinski definition) is 1. The van der Waals surface area contributed by atoms with Gasteiger partial charge in [-0.2, -0.15) is 0 Å². The van der Waals surface area contributed by atoms with E-state index in [0.29, 0.717) is 12.5 Å². The average Bonchev–Trinajstić information content (AvgIpc) is 3.41. The zero-order valence-electron chi connectivity index (χ0n) is 15.6. The summed E-state index contributed by atoms with van der Waals surface area (Å²) in [7, 11) is 0. The zero-order valence-corrected chi connectivity index (χ0v) is 15.6. The minimum absolute atomic E-state index is 0.203. The number of halogens is 1. The van der Waals surface area contributed by atoms with Crippen molar-refractivity contribution in [1.82, 2.24) is 9.88 Å². The highest BCUT2D eigenvalue weighted by atomic mass is 19.1. The number of fused-ring (bicyclic) bond motifs is 1. The molecule has 1 saturated heterocycles. The molecule has 5 heteroatoms. The van der Waals surface area contributed by atoms with E-state index in [1.807, 2.05) is 30.3 Å². The van der Waals surface area contributed by atoms with Crippen molar-refractivity contribution >= 4 is 0 Å². The number of likely N-dealkylation sites (tertiary alicyclic amines) is 1. The predicted octanol–water partition coefficient (Wildman–Crippen LogP) is 4.21. The van der Waals surface area contributed by atoms with Gasteiger partial charge in [0.1, 0.15) is 22.9 Å². The molecule has 1 N–H and O–H groups in total. The Morgan fingerprint density at radius 1 is 1.11 bits per heavy atom. The molecule has 2 aliphatic rings. The number of aromatic nitrogens is 1. The van der Waals surface area contributed by atoms with Crippen LogP contribution in [-0.2, 0) is 12.1 Å². The van der Waals surface area contributed by atoms with Gasteiger partial charge in [-0.25, -0.2) is 4.39 Å². The normalized spacial score (nSPS) is 27.2. The number of aliphatic hydroxyl groups is 1. The molecule has 0 spiro atoms. The number of rotatable bonds is 4. The molecule has 3 heterocycles. The zero-order chi connectivity index (χ0) is 19.1. The fraction of sp³-hybridized carbons (Fsp3) is 0.348. The van der Waals surface area contributed by atoms with Gasteiger partial charge in [-0.05, 0) is 67.3 Å². The Bertz CT molecular complexity index is 956. The first-order valence-electron chi connectivity index (χ1n) is 9.83. The summed E-state index contributed by atoms with van der Waals surface area (Å²) in [4.78, 5) is 6.79. The molecule has 1 aliphatic carbocycles. The van der Waals surface area contributed by atoms with Gasteiger partial charge in [0.15, 0.2) is 0 Å². The van der Waals surface area contributed by atoms with Crippen LogP contribution in [0.15, 0.2) is 65.2 Å². The number of benzene rings is 1. The van der Waals surface area contributed by atoms with E-state index in [9.17, 15) is 9.50 Å². The summed E-state index contributed by atoms with van der Waals surface area (Å²) in [5.74, 6) is 2.08. The monoisotopic (exact) mass is 378 g/mol. The lowest BCUT2D eigenvalue weighted by atomic mass is 9.85. The van der Waals surface area contributed by atoms with Gasteiger partial charge in [0.2, 0.25) is 0 Å². The highest BCUT2D eigenvalue weighted by Crippen LogP contribution is 2.50. The Morgan fingerprint density at radius 2 is 1.96 bits per heavy atom. The van der Waals surface area contributed by atoms with Crippen molar-refractivity contribution in [3.63, 3.8) is 0 Å². The Labute approximate surface area is 163 Å². The second kappa shape index (κ2) is 6.83. The lowest BCUT2D eigenvalue weighted by Gasteiger charge is -2.29. The second-order valence-corrected chi connectivity index (χ2v) is 8.01. The summed E-state index contributed by atoms with van der Waals surface area (Å²) in [6.07, 6.45) is 3.56. The van der Waals surface area contributed by atoms with E-state index in [0.717, 1.165) is 48.7 Å². The highest BCUT2D eigenvalue weighted by Gasteiger charge is 2.53. The van der Waals surface area contributed by atoms with Gasteiger partial charge in [0.05, 0.1) is 12.2 Å². The van der Waals surface area contributed by atoms with Crippen LogP contribution in [-0.4, -0.2) is 28.1 Å². The second-order valence-electron chi connectivity index (χ2n) is 8.01. The topological polar surface area (TPSA) is 49.5 Å². The summed E-state index contributed by atoms with van der Waals surface area (Å²) in [6, 6.07) is 16.0. The molecule has 1 aliphatic heterocycles. The third kappa shape index (κ3) is 3.05.